The molecule has 0 radical (unpaired) electrons. The number of carbonyl (C=O) groups is 1. The lowest BCUT2D eigenvalue weighted by molar-refractivity contribution is -0.122. The third-order valence-corrected chi connectivity index (χ3v) is 7.36. The van der Waals surface area contributed by atoms with Crippen LogP contribution < -0.4 is 10.5 Å². The van der Waals surface area contributed by atoms with E-state index in [2.05, 4.69) is 37.8 Å². The molecule has 4 nitrogen and oxygen atoms in total. The summed E-state index contributed by atoms with van der Waals surface area (Å²) >= 11 is 0. The molecule has 1 aliphatic heterocycles. The van der Waals surface area contributed by atoms with Gasteiger partial charge in [-0.1, -0.05) is 72.8 Å². The number of benzene rings is 3. The Bertz CT molecular complexity index is 1060. The topological polar surface area (TPSA) is 55.6 Å². The van der Waals surface area contributed by atoms with Gasteiger partial charge in [-0.15, -0.1) is 0 Å². The first-order valence-corrected chi connectivity index (χ1v) is 12.2. The van der Waals surface area contributed by atoms with E-state index in [0.29, 0.717) is 6.42 Å². The van der Waals surface area contributed by atoms with E-state index in [0.717, 1.165) is 42.8 Å². The van der Waals surface area contributed by atoms with Crippen LogP contribution in [-0.4, -0.2) is 35.5 Å². The number of nitrogens with zero attached hydrogens (tertiary/aromatic N) is 1. The summed E-state index contributed by atoms with van der Waals surface area (Å²) in [6.07, 6.45) is 2.64. The normalized spacial score (nSPS) is 17.0. The Hall–Kier alpha value is -3.11. The average Bonchev–Trinajstić information content (AvgIpc) is 3.30. The Balaban J connectivity index is 1.52. The quantitative estimate of drug-likeness (QED) is 0.464. The van der Waals surface area contributed by atoms with Gasteiger partial charge < -0.3 is 10.5 Å². The van der Waals surface area contributed by atoms with Crippen LogP contribution in [0.3, 0.4) is 0 Å². The maximum atomic E-state index is 13.1. The molecule has 0 bridgehead atoms. The molecule has 1 heterocycles. The molecule has 3 aromatic carbocycles. The van der Waals surface area contributed by atoms with Gasteiger partial charge in [0.2, 0.25) is 5.91 Å². The van der Waals surface area contributed by atoms with Crippen LogP contribution in [0, 0.1) is 6.92 Å². The van der Waals surface area contributed by atoms with Crippen LogP contribution >= 0.6 is 0 Å². The van der Waals surface area contributed by atoms with Crippen LogP contribution in [0.5, 0.6) is 5.75 Å². The number of carbonyl (C=O) groups excluding carboxylic acids is 1. The van der Waals surface area contributed by atoms with Crippen molar-refractivity contribution in [3.63, 3.8) is 0 Å². The molecule has 0 spiro atoms. The van der Waals surface area contributed by atoms with E-state index < -0.39 is 5.41 Å². The SMILES string of the molecule is Cc1cccc(OC2CCN(C(C)(C)CCC(C(N)=O)(c3ccccc3)c3ccccc3)C2)c1. The predicted octanol–water partition coefficient (Wildman–Crippen LogP) is 5.48. The maximum Gasteiger partial charge on any atom is 0.232 e. The van der Waals surface area contributed by atoms with Crippen molar-refractivity contribution in [3.05, 3.63) is 102 Å². The summed E-state index contributed by atoms with van der Waals surface area (Å²) in [5.41, 5.74) is 8.31. The largest absolute Gasteiger partial charge is 0.489 e. The highest BCUT2D eigenvalue weighted by molar-refractivity contribution is 5.90. The van der Waals surface area contributed by atoms with E-state index in [1.165, 1.54) is 5.56 Å². The molecule has 1 unspecified atom stereocenters. The molecule has 4 rings (SSSR count). The van der Waals surface area contributed by atoms with Crippen molar-refractivity contribution >= 4 is 5.91 Å². The van der Waals surface area contributed by atoms with Crippen LogP contribution in [0.25, 0.3) is 0 Å². The van der Waals surface area contributed by atoms with Gasteiger partial charge in [0, 0.05) is 18.6 Å². The molecule has 1 saturated heterocycles. The summed E-state index contributed by atoms with van der Waals surface area (Å²) in [6, 6.07) is 28.2. The van der Waals surface area contributed by atoms with Gasteiger partial charge in [-0.05, 0) is 68.9 Å². The van der Waals surface area contributed by atoms with Gasteiger partial charge >= 0.3 is 0 Å². The van der Waals surface area contributed by atoms with Crippen LogP contribution in [0.15, 0.2) is 84.9 Å². The van der Waals surface area contributed by atoms with E-state index in [4.69, 9.17) is 10.5 Å². The van der Waals surface area contributed by atoms with Crippen molar-refractivity contribution in [3.8, 4) is 5.75 Å². The van der Waals surface area contributed by atoms with E-state index in [9.17, 15) is 4.79 Å². The monoisotopic (exact) mass is 456 g/mol. The predicted molar refractivity (Wildman–Crippen MR) is 138 cm³/mol. The van der Waals surface area contributed by atoms with Crippen molar-refractivity contribution < 1.29 is 9.53 Å². The molecule has 3 aromatic rings. The first-order valence-electron chi connectivity index (χ1n) is 12.2. The van der Waals surface area contributed by atoms with Gasteiger partial charge in [-0.2, -0.15) is 0 Å². The summed E-state index contributed by atoms with van der Waals surface area (Å²) in [5, 5.41) is 0. The minimum absolute atomic E-state index is 0.102. The molecule has 2 N–H and O–H groups in total. The van der Waals surface area contributed by atoms with Crippen LogP contribution in [0.1, 0.15) is 49.8 Å². The Kier molecular flexibility index (Phi) is 7.08. The van der Waals surface area contributed by atoms with Crippen molar-refractivity contribution in [1.29, 1.82) is 0 Å². The fourth-order valence-electron chi connectivity index (χ4n) is 5.22. The molecule has 1 amide bonds. The second-order valence-electron chi connectivity index (χ2n) is 10.1. The molecule has 34 heavy (non-hydrogen) atoms. The third-order valence-electron chi connectivity index (χ3n) is 7.36. The third kappa shape index (κ3) is 5.02. The highest BCUT2D eigenvalue weighted by Gasteiger charge is 2.43. The first kappa shape index (κ1) is 24.0. The fraction of sp³-hybridized carbons (Fsp3) is 0.367. The van der Waals surface area contributed by atoms with Crippen molar-refractivity contribution in [2.24, 2.45) is 5.73 Å². The number of rotatable bonds is 9. The first-order chi connectivity index (χ1) is 16.3. The molecule has 0 aromatic heterocycles. The van der Waals surface area contributed by atoms with Crippen molar-refractivity contribution in [2.75, 3.05) is 13.1 Å². The number of likely N-dealkylation sites (tertiary alicyclic amines) is 1. The lowest BCUT2D eigenvalue weighted by atomic mass is 9.69. The maximum absolute atomic E-state index is 13.1. The average molecular weight is 457 g/mol. The minimum Gasteiger partial charge on any atom is -0.489 e. The van der Waals surface area contributed by atoms with E-state index >= 15 is 0 Å². The van der Waals surface area contributed by atoms with Crippen molar-refractivity contribution in [1.82, 2.24) is 4.90 Å². The number of primary amides is 1. The summed E-state index contributed by atoms with van der Waals surface area (Å²) in [7, 11) is 0. The zero-order chi connectivity index (χ0) is 24.2. The summed E-state index contributed by atoms with van der Waals surface area (Å²) in [6.45, 7) is 8.47. The number of hydrogen-bond acceptors (Lipinski definition) is 3. The Morgan fingerprint density at radius 1 is 0.941 bits per heavy atom. The number of amides is 1. The second kappa shape index (κ2) is 10.0. The Morgan fingerprint density at radius 2 is 1.56 bits per heavy atom. The van der Waals surface area contributed by atoms with Gasteiger partial charge in [-0.3, -0.25) is 9.69 Å². The molecule has 4 heteroatoms. The fourth-order valence-corrected chi connectivity index (χ4v) is 5.22. The molecular formula is C30H36N2O2. The van der Waals surface area contributed by atoms with Gasteiger partial charge in [0.05, 0.1) is 5.41 Å². The minimum atomic E-state index is -0.864. The summed E-state index contributed by atoms with van der Waals surface area (Å²) in [4.78, 5) is 15.6. The Morgan fingerprint density at radius 3 is 2.12 bits per heavy atom. The molecular weight excluding hydrogens is 420 g/mol. The van der Waals surface area contributed by atoms with Crippen molar-refractivity contribution in [2.45, 2.75) is 57.1 Å². The summed E-state index contributed by atoms with van der Waals surface area (Å²) < 4.78 is 6.29. The number of aryl methyl sites for hydroxylation is 1. The van der Waals surface area contributed by atoms with Gasteiger partial charge in [-0.25, -0.2) is 0 Å². The lowest BCUT2D eigenvalue weighted by Gasteiger charge is -2.40. The molecule has 1 atom stereocenters. The van der Waals surface area contributed by atoms with E-state index in [-0.39, 0.29) is 17.6 Å². The zero-order valence-electron chi connectivity index (χ0n) is 20.5. The van der Waals surface area contributed by atoms with Crippen LogP contribution in [0.4, 0.5) is 0 Å². The number of ether oxygens (including phenoxy) is 1. The smallest absolute Gasteiger partial charge is 0.232 e. The van der Waals surface area contributed by atoms with E-state index in [1.807, 2.05) is 72.8 Å². The highest BCUT2D eigenvalue weighted by atomic mass is 16.5. The Labute approximate surface area is 203 Å². The molecule has 0 aliphatic carbocycles. The standard InChI is InChI=1S/C30H36N2O2/c1-23-11-10-16-26(21-23)34-27-17-20-32(22-27)29(2,3)18-19-30(28(31)33,24-12-6-4-7-13-24)25-14-8-5-9-15-25/h4-16,21,27H,17-20,22H2,1-3H3,(H2,31,33). The second-order valence-corrected chi connectivity index (χ2v) is 10.1. The molecule has 1 fully saturated rings. The van der Waals surface area contributed by atoms with Gasteiger partial charge in [0.15, 0.2) is 0 Å². The molecule has 1 aliphatic rings. The van der Waals surface area contributed by atoms with Gasteiger partial charge in [0.1, 0.15) is 11.9 Å². The lowest BCUT2D eigenvalue weighted by Crippen LogP contribution is -2.47. The number of nitrogens with two attached hydrogens (primary N) is 1. The molecule has 178 valence electrons. The van der Waals surface area contributed by atoms with Crippen LogP contribution in [-0.2, 0) is 10.2 Å². The van der Waals surface area contributed by atoms with E-state index in [1.54, 1.807) is 0 Å². The zero-order valence-corrected chi connectivity index (χ0v) is 20.5. The van der Waals surface area contributed by atoms with Gasteiger partial charge in [0.25, 0.3) is 0 Å². The molecule has 0 saturated carbocycles. The highest BCUT2D eigenvalue weighted by Crippen LogP contribution is 2.40. The number of hydrogen-bond donors (Lipinski definition) is 1. The van der Waals surface area contributed by atoms with Crippen LogP contribution in [0.2, 0.25) is 0 Å². The summed E-state index contributed by atoms with van der Waals surface area (Å²) in [5.74, 6) is 0.633.